The van der Waals surface area contributed by atoms with Crippen LogP contribution in [0.5, 0.6) is 5.75 Å². The highest BCUT2D eigenvalue weighted by Gasteiger charge is 2.27. The Morgan fingerprint density at radius 1 is 1.07 bits per heavy atom. The third-order valence-corrected chi connectivity index (χ3v) is 4.45. The summed E-state index contributed by atoms with van der Waals surface area (Å²) in [7, 11) is 0. The fourth-order valence-electron chi connectivity index (χ4n) is 3.04. The van der Waals surface area contributed by atoms with Crippen molar-refractivity contribution in [1.82, 2.24) is 10.2 Å². The molecule has 0 saturated carbocycles. The van der Waals surface area contributed by atoms with Crippen LogP contribution in [0.4, 0.5) is 4.39 Å². The summed E-state index contributed by atoms with van der Waals surface area (Å²) in [6.07, 6.45) is 0. The molecule has 2 aromatic carbocycles. The number of amides is 2. The van der Waals surface area contributed by atoms with Gasteiger partial charge in [0.1, 0.15) is 17.6 Å². The van der Waals surface area contributed by atoms with Crippen molar-refractivity contribution >= 4 is 11.8 Å². The lowest BCUT2D eigenvalue weighted by molar-refractivity contribution is -0.142. The highest BCUT2D eigenvalue weighted by molar-refractivity contribution is 5.88. The quantitative estimate of drug-likeness (QED) is 0.734. The number of carbonyl (C=O) groups is 2. The van der Waals surface area contributed by atoms with Crippen molar-refractivity contribution in [2.75, 3.05) is 6.61 Å². The highest BCUT2D eigenvalue weighted by Crippen LogP contribution is 2.17. The monoisotopic (exact) mass is 400 g/mol. The number of ether oxygens (including phenoxy) is 1. The topological polar surface area (TPSA) is 58.6 Å². The van der Waals surface area contributed by atoms with Gasteiger partial charge in [0.05, 0.1) is 0 Å². The second-order valence-electron chi connectivity index (χ2n) is 7.56. The van der Waals surface area contributed by atoms with E-state index in [0.29, 0.717) is 11.3 Å². The maximum atomic E-state index is 14.2. The van der Waals surface area contributed by atoms with Gasteiger partial charge in [-0.15, -0.1) is 0 Å². The van der Waals surface area contributed by atoms with Crippen molar-refractivity contribution < 1.29 is 18.7 Å². The molecule has 0 aliphatic heterocycles. The molecule has 1 atom stereocenters. The predicted molar refractivity (Wildman–Crippen MR) is 111 cm³/mol. The first-order valence-corrected chi connectivity index (χ1v) is 9.71. The molecular weight excluding hydrogens is 371 g/mol. The number of benzene rings is 2. The zero-order chi connectivity index (χ0) is 21.6. The number of hydrogen-bond acceptors (Lipinski definition) is 3. The minimum absolute atomic E-state index is 0.0195. The number of aryl methyl sites for hydroxylation is 2. The zero-order valence-corrected chi connectivity index (χ0v) is 17.7. The van der Waals surface area contributed by atoms with Crippen LogP contribution in [-0.4, -0.2) is 35.4 Å². The van der Waals surface area contributed by atoms with E-state index < -0.39 is 11.9 Å². The summed E-state index contributed by atoms with van der Waals surface area (Å²) in [5, 5.41) is 2.80. The largest absolute Gasteiger partial charge is 0.484 e. The van der Waals surface area contributed by atoms with E-state index in [9.17, 15) is 14.0 Å². The molecule has 5 nitrogen and oxygen atoms in total. The number of halogens is 1. The van der Waals surface area contributed by atoms with E-state index in [0.717, 1.165) is 11.1 Å². The molecule has 0 spiro atoms. The Morgan fingerprint density at radius 3 is 2.28 bits per heavy atom. The molecule has 0 fully saturated rings. The second kappa shape index (κ2) is 10.0. The summed E-state index contributed by atoms with van der Waals surface area (Å²) in [6.45, 7) is 8.96. The molecule has 6 heteroatoms. The van der Waals surface area contributed by atoms with E-state index in [4.69, 9.17) is 4.74 Å². The van der Waals surface area contributed by atoms with Gasteiger partial charge in [0.15, 0.2) is 6.61 Å². The molecule has 2 amide bonds. The molecule has 0 radical (unpaired) electrons. The Bertz CT molecular complexity index is 847. The molecule has 0 aliphatic rings. The number of rotatable bonds is 8. The second-order valence-corrected chi connectivity index (χ2v) is 7.56. The van der Waals surface area contributed by atoms with Crippen LogP contribution in [-0.2, 0) is 16.1 Å². The standard InChI is InChI=1S/C23H29FN2O3/c1-15(2)25-23(28)18(5)26(13-19-8-6-7-9-21(19)24)22(27)14-29-20-11-16(3)10-17(4)12-20/h6-12,15,18H,13-14H2,1-5H3,(H,25,28)/t18-/m1/s1. The molecule has 29 heavy (non-hydrogen) atoms. The lowest BCUT2D eigenvalue weighted by Crippen LogP contribution is -2.50. The van der Waals surface area contributed by atoms with Gasteiger partial charge >= 0.3 is 0 Å². The minimum atomic E-state index is -0.771. The van der Waals surface area contributed by atoms with Crippen LogP contribution in [0.1, 0.15) is 37.5 Å². The summed E-state index contributed by atoms with van der Waals surface area (Å²) in [6, 6.07) is 11.1. The van der Waals surface area contributed by atoms with Crippen LogP contribution < -0.4 is 10.1 Å². The lowest BCUT2D eigenvalue weighted by Gasteiger charge is -2.29. The van der Waals surface area contributed by atoms with Gasteiger partial charge in [-0.1, -0.05) is 24.3 Å². The van der Waals surface area contributed by atoms with Crippen LogP contribution >= 0.6 is 0 Å². The van der Waals surface area contributed by atoms with Gasteiger partial charge in [0, 0.05) is 18.2 Å². The van der Waals surface area contributed by atoms with Crippen molar-refractivity contribution in [3.05, 3.63) is 65.0 Å². The summed E-state index contributed by atoms with van der Waals surface area (Å²) >= 11 is 0. The average Bonchev–Trinajstić information content (AvgIpc) is 2.63. The SMILES string of the molecule is Cc1cc(C)cc(OCC(=O)N(Cc2ccccc2F)[C@H](C)C(=O)NC(C)C)c1. The van der Waals surface area contributed by atoms with E-state index in [2.05, 4.69) is 5.32 Å². The van der Waals surface area contributed by atoms with Gasteiger partial charge in [-0.05, 0) is 63.9 Å². The molecule has 0 saturated heterocycles. The number of hydrogen-bond donors (Lipinski definition) is 1. The molecule has 2 rings (SSSR count). The van der Waals surface area contributed by atoms with Crippen molar-refractivity contribution in [3.8, 4) is 5.75 Å². The third kappa shape index (κ3) is 6.59. The fraction of sp³-hybridized carbons (Fsp3) is 0.391. The van der Waals surface area contributed by atoms with E-state index in [1.807, 2.05) is 45.9 Å². The Hall–Kier alpha value is -2.89. The minimum Gasteiger partial charge on any atom is -0.484 e. The first kappa shape index (κ1) is 22.4. The van der Waals surface area contributed by atoms with Crippen molar-refractivity contribution in [2.24, 2.45) is 0 Å². The van der Waals surface area contributed by atoms with Gasteiger partial charge < -0.3 is 15.0 Å². The highest BCUT2D eigenvalue weighted by atomic mass is 19.1. The molecular formula is C23H29FN2O3. The van der Waals surface area contributed by atoms with E-state index in [1.54, 1.807) is 25.1 Å². The first-order valence-electron chi connectivity index (χ1n) is 9.71. The van der Waals surface area contributed by atoms with E-state index in [-0.39, 0.29) is 31.0 Å². The summed E-state index contributed by atoms with van der Waals surface area (Å²) in [4.78, 5) is 26.8. The summed E-state index contributed by atoms with van der Waals surface area (Å²) in [5.41, 5.74) is 2.40. The van der Waals surface area contributed by atoms with Crippen molar-refractivity contribution in [1.29, 1.82) is 0 Å². The predicted octanol–water partition coefficient (Wildman–Crippen LogP) is 3.76. The maximum absolute atomic E-state index is 14.2. The average molecular weight is 400 g/mol. The molecule has 2 aromatic rings. The number of nitrogens with one attached hydrogen (secondary N) is 1. The first-order chi connectivity index (χ1) is 13.7. The Kier molecular flexibility index (Phi) is 7.76. The Balaban J connectivity index is 2.19. The van der Waals surface area contributed by atoms with Crippen LogP contribution in [0.25, 0.3) is 0 Å². The van der Waals surface area contributed by atoms with E-state index >= 15 is 0 Å². The molecule has 0 aliphatic carbocycles. The number of nitrogens with zero attached hydrogens (tertiary/aromatic N) is 1. The summed E-state index contributed by atoms with van der Waals surface area (Å²) < 4.78 is 19.8. The van der Waals surface area contributed by atoms with Crippen LogP contribution in [0.2, 0.25) is 0 Å². The van der Waals surface area contributed by atoms with Gasteiger partial charge in [-0.3, -0.25) is 9.59 Å². The number of carbonyl (C=O) groups excluding carboxylic acids is 2. The Morgan fingerprint density at radius 2 is 1.69 bits per heavy atom. The van der Waals surface area contributed by atoms with Gasteiger partial charge in [-0.2, -0.15) is 0 Å². The van der Waals surface area contributed by atoms with Crippen molar-refractivity contribution in [3.63, 3.8) is 0 Å². The molecule has 0 aromatic heterocycles. The van der Waals surface area contributed by atoms with Gasteiger partial charge in [0.25, 0.3) is 5.91 Å². The molecule has 0 heterocycles. The smallest absolute Gasteiger partial charge is 0.261 e. The molecule has 0 unspecified atom stereocenters. The molecule has 1 N–H and O–H groups in total. The fourth-order valence-corrected chi connectivity index (χ4v) is 3.04. The van der Waals surface area contributed by atoms with Gasteiger partial charge in [-0.25, -0.2) is 4.39 Å². The molecule has 0 bridgehead atoms. The maximum Gasteiger partial charge on any atom is 0.261 e. The summed E-state index contributed by atoms with van der Waals surface area (Å²) in [5.74, 6) is -0.520. The lowest BCUT2D eigenvalue weighted by atomic mass is 10.1. The Labute approximate surface area is 171 Å². The van der Waals surface area contributed by atoms with Crippen molar-refractivity contribution in [2.45, 2.75) is 53.2 Å². The zero-order valence-electron chi connectivity index (χ0n) is 17.7. The molecule has 156 valence electrons. The van der Waals surface area contributed by atoms with E-state index in [1.165, 1.54) is 11.0 Å². The van der Waals surface area contributed by atoms with Crippen LogP contribution in [0.3, 0.4) is 0 Å². The normalized spacial score (nSPS) is 11.8. The van der Waals surface area contributed by atoms with Gasteiger partial charge in [0.2, 0.25) is 5.91 Å². The third-order valence-electron chi connectivity index (χ3n) is 4.45. The van der Waals surface area contributed by atoms with Crippen LogP contribution in [0, 0.1) is 19.7 Å². The van der Waals surface area contributed by atoms with Crippen LogP contribution in [0.15, 0.2) is 42.5 Å².